The minimum atomic E-state index is 0.819. The fourth-order valence-corrected chi connectivity index (χ4v) is 2.16. The lowest BCUT2D eigenvalue weighted by Gasteiger charge is -2.17. The van der Waals surface area contributed by atoms with Gasteiger partial charge in [-0.3, -0.25) is 0 Å². The summed E-state index contributed by atoms with van der Waals surface area (Å²) in [4.78, 5) is 4.54. The molecule has 0 bridgehead atoms. The van der Waals surface area contributed by atoms with Gasteiger partial charge in [-0.15, -0.1) is 0 Å². The first-order chi connectivity index (χ1) is 8.24. The quantitative estimate of drug-likeness (QED) is 0.740. The van der Waals surface area contributed by atoms with Gasteiger partial charge in [-0.1, -0.05) is 23.7 Å². The molecule has 1 aliphatic rings. The van der Waals surface area contributed by atoms with Gasteiger partial charge in [0.1, 0.15) is 0 Å². The van der Waals surface area contributed by atoms with E-state index in [-0.39, 0.29) is 0 Å². The first-order valence-corrected chi connectivity index (χ1v) is 6.49. The number of halogens is 1. The molecule has 3 heteroatoms. The lowest BCUT2D eigenvalue weighted by Crippen LogP contribution is -2.23. The second-order valence-electron chi connectivity index (χ2n) is 4.59. The van der Waals surface area contributed by atoms with Crippen LogP contribution in [-0.4, -0.2) is 30.1 Å². The molecule has 17 heavy (non-hydrogen) atoms. The van der Waals surface area contributed by atoms with E-state index >= 15 is 0 Å². The van der Waals surface area contributed by atoms with Crippen LogP contribution in [0.3, 0.4) is 0 Å². The Morgan fingerprint density at radius 1 is 1.12 bits per heavy atom. The highest BCUT2D eigenvalue weighted by Gasteiger charge is 2.06. The molecule has 2 nitrogen and oxygen atoms in total. The summed E-state index contributed by atoms with van der Waals surface area (Å²) in [5.74, 6) is 0. The van der Waals surface area contributed by atoms with Crippen LogP contribution in [0.25, 0.3) is 0 Å². The Hall–Kier alpha value is -1.15. The molecular weight excluding hydrogens is 232 g/mol. The number of rotatable bonds is 5. The van der Waals surface area contributed by atoms with E-state index in [9.17, 15) is 0 Å². The van der Waals surface area contributed by atoms with Crippen LogP contribution >= 0.6 is 11.6 Å². The molecule has 0 unspecified atom stereocenters. The molecule has 0 amide bonds. The van der Waals surface area contributed by atoms with E-state index in [0.29, 0.717) is 0 Å². The maximum absolute atomic E-state index is 5.85. The van der Waals surface area contributed by atoms with Gasteiger partial charge < -0.3 is 9.80 Å². The Balaban J connectivity index is 1.63. The summed E-state index contributed by atoms with van der Waals surface area (Å²) in [5.41, 5.74) is 1.38. The first kappa shape index (κ1) is 12.3. The Morgan fingerprint density at radius 2 is 1.88 bits per heavy atom. The number of nitrogens with zero attached hydrogens (tertiary/aromatic N) is 2. The smallest absolute Gasteiger partial charge is 0.0890 e. The van der Waals surface area contributed by atoms with E-state index in [0.717, 1.165) is 24.7 Å². The van der Waals surface area contributed by atoms with Crippen molar-refractivity contribution in [2.75, 3.05) is 20.3 Å². The van der Waals surface area contributed by atoms with Gasteiger partial charge in [0, 0.05) is 31.0 Å². The normalized spacial score (nSPS) is 14.7. The molecule has 1 aliphatic heterocycles. The summed E-state index contributed by atoms with van der Waals surface area (Å²) in [6.07, 6.45) is 7.91. The van der Waals surface area contributed by atoms with Gasteiger partial charge in [-0.25, -0.2) is 0 Å². The molecular formula is C14H19ClN2. The van der Waals surface area contributed by atoms with E-state index in [4.69, 9.17) is 11.6 Å². The third-order valence-corrected chi connectivity index (χ3v) is 3.26. The lowest BCUT2D eigenvalue weighted by molar-refractivity contribution is 0.292. The van der Waals surface area contributed by atoms with Crippen LogP contribution in [0.4, 0.5) is 0 Å². The van der Waals surface area contributed by atoms with Crippen molar-refractivity contribution in [2.45, 2.75) is 19.3 Å². The Bertz CT molecular complexity index is 372. The molecule has 1 aromatic rings. The Morgan fingerprint density at radius 3 is 2.53 bits per heavy atom. The van der Waals surface area contributed by atoms with Crippen molar-refractivity contribution >= 4 is 11.6 Å². The predicted octanol–water partition coefficient (Wildman–Crippen LogP) is 3.34. The predicted molar refractivity (Wildman–Crippen MR) is 72.9 cm³/mol. The second kappa shape index (κ2) is 5.97. The van der Waals surface area contributed by atoms with E-state index < -0.39 is 0 Å². The van der Waals surface area contributed by atoms with Crippen molar-refractivity contribution in [2.24, 2.45) is 0 Å². The van der Waals surface area contributed by atoms with E-state index in [1.807, 2.05) is 12.1 Å². The van der Waals surface area contributed by atoms with Crippen molar-refractivity contribution in [1.29, 1.82) is 0 Å². The fourth-order valence-electron chi connectivity index (χ4n) is 2.03. The van der Waals surface area contributed by atoms with Gasteiger partial charge in [-0.05, 0) is 37.0 Å². The Kier molecular flexibility index (Phi) is 4.32. The van der Waals surface area contributed by atoms with Crippen molar-refractivity contribution in [1.82, 2.24) is 9.80 Å². The summed E-state index contributed by atoms with van der Waals surface area (Å²) >= 11 is 5.85. The van der Waals surface area contributed by atoms with Gasteiger partial charge in [0.05, 0.1) is 6.67 Å². The summed E-state index contributed by atoms with van der Waals surface area (Å²) in [6, 6.07) is 8.17. The maximum Gasteiger partial charge on any atom is 0.0890 e. The van der Waals surface area contributed by atoms with Gasteiger partial charge in [-0.2, -0.15) is 0 Å². The van der Waals surface area contributed by atoms with Crippen molar-refractivity contribution in [3.63, 3.8) is 0 Å². The van der Waals surface area contributed by atoms with Crippen molar-refractivity contribution in [3.05, 3.63) is 47.3 Å². The number of hydrogen-bond donors (Lipinski definition) is 0. The van der Waals surface area contributed by atoms with E-state index in [1.165, 1.54) is 18.4 Å². The number of benzene rings is 1. The number of hydrogen-bond acceptors (Lipinski definition) is 2. The summed E-state index contributed by atoms with van der Waals surface area (Å²) < 4.78 is 0. The highest BCUT2D eigenvalue weighted by Crippen LogP contribution is 2.12. The van der Waals surface area contributed by atoms with E-state index in [2.05, 4.69) is 41.4 Å². The van der Waals surface area contributed by atoms with Crippen LogP contribution in [-0.2, 0) is 6.42 Å². The van der Waals surface area contributed by atoms with Gasteiger partial charge in [0.25, 0.3) is 0 Å². The highest BCUT2D eigenvalue weighted by atomic mass is 35.5. The molecule has 0 spiro atoms. The third kappa shape index (κ3) is 3.97. The zero-order valence-electron chi connectivity index (χ0n) is 10.3. The third-order valence-electron chi connectivity index (χ3n) is 3.01. The summed E-state index contributed by atoms with van der Waals surface area (Å²) in [5, 5.41) is 0.819. The molecule has 0 saturated carbocycles. The van der Waals surface area contributed by atoms with Crippen LogP contribution in [0.5, 0.6) is 0 Å². The molecule has 92 valence electrons. The second-order valence-corrected chi connectivity index (χ2v) is 5.03. The number of aryl methyl sites for hydroxylation is 1. The Labute approximate surface area is 108 Å². The average Bonchev–Trinajstić information content (AvgIpc) is 2.73. The van der Waals surface area contributed by atoms with Gasteiger partial charge >= 0.3 is 0 Å². The SMILES string of the molecule is CN1C=CN(CCCCc2ccc(Cl)cc2)C1. The monoisotopic (exact) mass is 250 g/mol. The van der Waals surface area contributed by atoms with Gasteiger partial charge in [0.15, 0.2) is 0 Å². The average molecular weight is 251 g/mol. The molecule has 0 aromatic heterocycles. The van der Waals surface area contributed by atoms with Crippen LogP contribution in [0.2, 0.25) is 5.02 Å². The summed E-state index contributed by atoms with van der Waals surface area (Å²) in [7, 11) is 2.10. The molecule has 0 aliphatic carbocycles. The zero-order valence-corrected chi connectivity index (χ0v) is 11.0. The largest absolute Gasteiger partial charge is 0.362 e. The standard InChI is InChI=1S/C14H19ClN2/c1-16-10-11-17(12-16)9-3-2-4-13-5-7-14(15)8-6-13/h5-8,10-11H,2-4,9,12H2,1H3. The molecule has 0 radical (unpaired) electrons. The molecule has 0 fully saturated rings. The molecule has 2 rings (SSSR count). The van der Waals surface area contributed by atoms with E-state index in [1.54, 1.807) is 0 Å². The van der Waals surface area contributed by atoms with Gasteiger partial charge in [0.2, 0.25) is 0 Å². The fraction of sp³-hybridized carbons (Fsp3) is 0.429. The topological polar surface area (TPSA) is 6.48 Å². The molecule has 1 aromatic carbocycles. The molecule has 0 N–H and O–H groups in total. The molecule has 0 atom stereocenters. The summed E-state index contributed by atoms with van der Waals surface area (Å²) in [6.45, 7) is 2.18. The number of unbranched alkanes of at least 4 members (excludes halogenated alkanes) is 1. The van der Waals surface area contributed by atoms with Crippen LogP contribution in [0.15, 0.2) is 36.7 Å². The maximum atomic E-state index is 5.85. The zero-order chi connectivity index (χ0) is 12.1. The minimum absolute atomic E-state index is 0.819. The molecule has 0 saturated heterocycles. The minimum Gasteiger partial charge on any atom is -0.362 e. The van der Waals surface area contributed by atoms with Crippen molar-refractivity contribution < 1.29 is 0 Å². The first-order valence-electron chi connectivity index (χ1n) is 6.11. The van der Waals surface area contributed by atoms with Crippen molar-refractivity contribution in [3.8, 4) is 0 Å². The molecule has 1 heterocycles. The van der Waals surface area contributed by atoms with Crippen LogP contribution in [0.1, 0.15) is 18.4 Å². The highest BCUT2D eigenvalue weighted by molar-refractivity contribution is 6.30. The van der Waals surface area contributed by atoms with Crippen LogP contribution in [0, 0.1) is 0 Å². The lowest BCUT2D eigenvalue weighted by atomic mass is 10.1. The van der Waals surface area contributed by atoms with Crippen LogP contribution < -0.4 is 0 Å².